The first-order valence-electron chi connectivity index (χ1n) is 7.00. The Balaban J connectivity index is 3.12. The number of likely N-dealkylation sites (N-methyl/N-ethyl adjacent to an activating group) is 1. The summed E-state index contributed by atoms with van der Waals surface area (Å²) >= 11 is 0. The van der Waals surface area contributed by atoms with Gasteiger partial charge in [0.1, 0.15) is 5.54 Å². The lowest BCUT2D eigenvalue weighted by atomic mass is 9.93. The Morgan fingerprint density at radius 2 is 1.84 bits per heavy atom. The van der Waals surface area contributed by atoms with E-state index in [4.69, 9.17) is 0 Å². The van der Waals surface area contributed by atoms with E-state index in [-0.39, 0.29) is 6.04 Å². The SMILES string of the molecule is CCCC(c1ccccc1)N(CC)C(C)(C)C(=O)O. The lowest BCUT2D eigenvalue weighted by Gasteiger charge is -2.40. The quantitative estimate of drug-likeness (QED) is 0.815. The van der Waals surface area contributed by atoms with E-state index in [9.17, 15) is 9.90 Å². The van der Waals surface area contributed by atoms with Gasteiger partial charge in [-0.05, 0) is 32.4 Å². The molecule has 0 heterocycles. The van der Waals surface area contributed by atoms with Gasteiger partial charge in [0.2, 0.25) is 0 Å². The Labute approximate surface area is 116 Å². The van der Waals surface area contributed by atoms with Gasteiger partial charge in [0.05, 0.1) is 0 Å². The first-order chi connectivity index (χ1) is 8.95. The maximum absolute atomic E-state index is 11.5. The van der Waals surface area contributed by atoms with Crippen LogP contribution in [-0.4, -0.2) is 28.1 Å². The molecule has 0 bridgehead atoms. The van der Waals surface area contributed by atoms with Gasteiger partial charge < -0.3 is 5.11 Å². The first-order valence-corrected chi connectivity index (χ1v) is 7.00. The number of hydrogen-bond acceptors (Lipinski definition) is 2. The molecule has 0 saturated carbocycles. The van der Waals surface area contributed by atoms with Crippen molar-refractivity contribution in [1.82, 2.24) is 4.90 Å². The van der Waals surface area contributed by atoms with E-state index in [2.05, 4.69) is 24.0 Å². The van der Waals surface area contributed by atoms with Gasteiger partial charge in [-0.1, -0.05) is 50.6 Å². The summed E-state index contributed by atoms with van der Waals surface area (Å²) in [5, 5.41) is 9.47. The fourth-order valence-corrected chi connectivity index (χ4v) is 2.58. The minimum atomic E-state index is -0.857. The normalized spacial score (nSPS) is 13.5. The second kappa shape index (κ2) is 6.71. The van der Waals surface area contributed by atoms with Gasteiger partial charge in [-0.25, -0.2) is 0 Å². The van der Waals surface area contributed by atoms with Crippen LogP contribution < -0.4 is 0 Å². The molecular weight excluding hydrogens is 238 g/mol. The van der Waals surface area contributed by atoms with Crippen molar-refractivity contribution in [2.75, 3.05) is 6.54 Å². The monoisotopic (exact) mass is 263 g/mol. The number of aliphatic carboxylic acids is 1. The molecule has 106 valence electrons. The lowest BCUT2D eigenvalue weighted by molar-refractivity contribution is -0.151. The van der Waals surface area contributed by atoms with Crippen LogP contribution in [0.3, 0.4) is 0 Å². The molecule has 0 amide bonds. The minimum Gasteiger partial charge on any atom is -0.480 e. The molecule has 0 aliphatic rings. The maximum atomic E-state index is 11.5. The third-order valence-corrected chi connectivity index (χ3v) is 3.70. The molecule has 19 heavy (non-hydrogen) atoms. The van der Waals surface area contributed by atoms with E-state index >= 15 is 0 Å². The third kappa shape index (κ3) is 3.57. The Hall–Kier alpha value is -1.35. The van der Waals surface area contributed by atoms with Crippen LogP contribution in [0.15, 0.2) is 30.3 Å². The van der Waals surface area contributed by atoms with Crippen molar-refractivity contribution in [2.24, 2.45) is 0 Å². The fourth-order valence-electron chi connectivity index (χ4n) is 2.58. The molecule has 3 nitrogen and oxygen atoms in total. The van der Waals surface area contributed by atoms with E-state index in [0.29, 0.717) is 0 Å². The zero-order valence-electron chi connectivity index (χ0n) is 12.4. The molecule has 0 aromatic heterocycles. The maximum Gasteiger partial charge on any atom is 0.323 e. The average molecular weight is 263 g/mol. The molecule has 1 atom stereocenters. The Kier molecular flexibility index (Phi) is 5.55. The van der Waals surface area contributed by atoms with E-state index in [1.54, 1.807) is 13.8 Å². The number of carbonyl (C=O) groups is 1. The van der Waals surface area contributed by atoms with Gasteiger partial charge in [-0.15, -0.1) is 0 Å². The summed E-state index contributed by atoms with van der Waals surface area (Å²) in [6.45, 7) is 8.45. The summed E-state index contributed by atoms with van der Waals surface area (Å²) in [6.07, 6.45) is 2.00. The van der Waals surface area contributed by atoms with Crippen molar-refractivity contribution >= 4 is 5.97 Å². The summed E-state index contributed by atoms with van der Waals surface area (Å²) < 4.78 is 0. The van der Waals surface area contributed by atoms with Gasteiger partial charge in [-0.2, -0.15) is 0 Å². The Morgan fingerprint density at radius 3 is 2.26 bits per heavy atom. The van der Waals surface area contributed by atoms with Crippen molar-refractivity contribution in [1.29, 1.82) is 0 Å². The number of rotatable bonds is 7. The highest BCUT2D eigenvalue weighted by atomic mass is 16.4. The third-order valence-electron chi connectivity index (χ3n) is 3.70. The predicted octanol–water partition coefficient (Wildman–Crippen LogP) is 3.71. The number of nitrogens with zero attached hydrogens (tertiary/aromatic N) is 1. The number of carboxylic acids is 1. The molecule has 1 aromatic carbocycles. The zero-order valence-corrected chi connectivity index (χ0v) is 12.4. The van der Waals surface area contributed by atoms with Crippen LogP contribution in [0.5, 0.6) is 0 Å². The Morgan fingerprint density at radius 1 is 1.26 bits per heavy atom. The summed E-state index contributed by atoms with van der Waals surface area (Å²) in [5.41, 5.74) is 0.338. The van der Waals surface area contributed by atoms with E-state index in [1.807, 2.05) is 25.1 Å². The van der Waals surface area contributed by atoms with Gasteiger partial charge >= 0.3 is 5.97 Å². The van der Waals surface area contributed by atoms with Gasteiger partial charge in [-0.3, -0.25) is 9.69 Å². The van der Waals surface area contributed by atoms with E-state index in [0.717, 1.165) is 19.4 Å². The molecule has 0 radical (unpaired) electrons. The Bertz CT molecular complexity index is 400. The van der Waals surface area contributed by atoms with Crippen LogP contribution in [0.2, 0.25) is 0 Å². The number of carboxylic acid groups (broad SMARTS) is 1. The second-order valence-corrected chi connectivity index (χ2v) is 5.37. The van der Waals surface area contributed by atoms with Gasteiger partial charge in [0.25, 0.3) is 0 Å². The second-order valence-electron chi connectivity index (χ2n) is 5.37. The smallest absolute Gasteiger partial charge is 0.323 e. The van der Waals surface area contributed by atoms with Gasteiger partial charge in [0.15, 0.2) is 0 Å². The first kappa shape index (κ1) is 15.7. The van der Waals surface area contributed by atoms with Crippen LogP contribution >= 0.6 is 0 Å². The molecule has 1 unspecified atom stereocenters. The summed E-state index contributed by atoms with van der Waals surface area (Å²) in [7, 11) is 0. The van der Waals surface area contributed by atoms with Crippen LogP contribution in [0, 0.1) is 0 Å². The number of hydrogen-bond donors (Lipinski definition) is 1. The molecule has 0 saturated heterocycles. The topological polar surface area (TPSA) is 40.5 Å². The van der Waals surface area contributed by atoms with Crippen LogP contribution in [-0.2, 0) is 4.79 Å². The molecule has 1 N–H and O–H groups in total. The average Bonchev–Trinajstić information content (AvgIpc) is 2.39. The minimum absolute atomic E-state index is 0.155. The van der Waals surface area contributed by atoms with Crippen LogP contribution in [0.4, 0.5) is 0 Å². The van der Waals surface area contributed by atoms with Crippen LogP contribution in [0.1, 0.15) is 52.1 Å². The van der Waals surface area contributed by atoms with Crippen LogP contribution in [0.25, 0.3) is 0 Å². The zero-order chi connectivity index (χ0) is 14.5. The standard InChI is InChI=1S/C16H25NO2/c1-5-10-14(13-11-8-7-9-12-13)17(6-2)16(3,4)15(18)19/h7-9,11-12,14H,5-6,10H2,1-4H3,(H,18,19). The predicted molar refractivity (Wildman–Crippen MR) is 78.2 cm³/mol. The molecule has 0 aliphatic carbocycles. The fraction of sp³-hybridized carbons (Fsp3) is 0.562. The molecule has 0 aliphatic heterocycles. The molecule has 1 aromatic rings. The largest absolute Gasteiger partial charge is 0.480 e. The molecular formula is C16H25NO2. The summed E-state index contributed by atoms with van der Waals surface area (Å²) in [5.74, 6) is -0.772. The highest BCUT2D eigenvalue weighted by Gasteiger charge is 2.37. The highest BCUT2D eigenvalue weighted by Crippen LogP contribution is 2.31. The van der Waals surface area contributed by atoms with E-state index < -0.39 is 11.5 Å². The highest BCUT2D eigenvalue weighted by molar-refractivity contribution is 5.77. The van der Waals surface area contributed by atoms with E-state index in [1.165, 1.54) is 5.56 Å². The molecule has 0 fully saturated rings. The lowest BCUT2D eigenvalue weighted by Crippen LogP contribution is -2.51. The van der Waals surface area contributed by atoms with Crippen molar-refractivity contribution in [2.45, 2.75) is 52.1 Å². The summed E-state index contributed by atoms with van der Waals surface area (Å²) in [4.78, 5) is 13.6. The molecule has 0 spiro atoms. The van der Waals surface area contributed by atoms with Gasteiger partial charge in [0, 0.05) is 6.04 Å². The van der Waals surface area contributed by atoms with Crippen molar-refractivity contribution in [3.8, 4) is 0 Å². The summed E-state index contributed by atoms with van der Waals surface area (Å²) in [6, 6.07) is 10.3. The van der Waals surface area contributed by atoms with Crippen molar-refractivity contribution < 1.29 is 9.90 Å². The van der Waals surface area contributed by atoms with Crippen molar-refractivity contribution in [3.05, 3.63) is 35.9 Å². The molecule has 3 heteroatoms. The van der Waals surface area contributed by atoms with Crippen molar-refractivity contribution in [3.63, 3.8) is 0 Å². The number of benzene rings is 1. The molecule has 1 rings (SSSR count).